The van der Waals surface area contributed by atoms with Crippen molar-refractivity contribution in [3.8, 4) is 0 Å². The molecular formula is C13H14BrNO. The molecule has 1 atom stereocenters. The lowest BCUT2D eigenvalue weighted by atomic mass is 10.0. The van der Waals surface area contributed by atoms with Gasteiger partial charge >= 0.3 is 0 Å². The van der Waals surface area contributed by atoms with E-state index in [1.54, 1.807) is 6.26 Å². The lowest BCUT2D eigenvalue weighted by Crippen LogP contribution is -2.13. The van der Waals surface area contributed by atoms with Crippen molar-refractivity contribution in [1.29, 1.82) is 0 Å². The zero-order valence-corrected chi connectivity index (χ0v) is 10.7. The summed E-state index contributed by atoms with van der Waals surface area (Å²) < 4.78 is 5.91. The van der Waals surface area contributed by atoms with Crippen LogP contribution in [0, 0.1) is 6.92 Å². The SMILES string of the molecule is Cc1cccc(CC(N)c2ccoc2Br)c1. The molecule has 1 aromatic heterocycles. The fraction of sp³-hybridized carbons (Fsp3) is 0.231. The van der Waals surface area contributed by atoms with Gasteiger partial charge in [-0.25, -0.2) is 0 Å². The highest BCUT2D eigenvalue weighted by molar-refractivity contribution is 9.10. The maximum absolute atomic E-state index is 6.13. The fourth-order valence-electron chi connectivity index (χ4n) is 1.77. The molecule has 3 heteroatoms. The van der Waals surface area contributed by atoms with Crippen LogP contribution in [-0.4, -0.2) is 0 Å². The van der Waals surface area contributed by atoms with Gasteiger partial charge in [-0.3, -0.25) is 0 Å². The number of halogens is 1. The summed E-state index contributed by atoms with van der Waals surface area (Å²) in [6, 6.07) is 10.3. The van der Waals surface area contributed by atoms with E-state index in [-0.39, 0.29) is 6.04 Å². The largest absolute Gasteiger partial charge is 0.457 e. The maximum Gasteiger partial charge on any atom is 0.173 e. The molecule has 1 heterocycles. The number of hydrogen-bond donors (Lipinski definition) is 1. The van der Waals surface area contributed by atoms with Gasteiger partial charge in [-0.15, -0.1) is 0 Å². The van der Waals surface area contributed by atoms with Crippen molar-refractivity contribution in [3.63, 3.8) is 0 Å². The number of rotatable bonds is 3. The summed E-state index contributed by atoms with van der Waals surface area (Å²) in [7, 11) is 0. The molecule has 2 rings (SSSR count). The smallest absolute Gasteiger partial charge is 0.173 e. The molecule has 0 aliphatic rings. The molecule has 0 bridgehead atoms. The Kier molecular flexibility index (Phi) is 3.46. The average Bonchev–Trinajstić information content (AvgIpc) is 2.64. The van der Waals surface area contributed by atoms with Crippen LogP contribution in [0.15, 0.2) is 45.7 Å². The molecule has 0 aliphatic carbocycles. The van der Waals surface area contributed by atoms with E-state index < -0.39 is 0 Å². The van der Waals surface area contributed by atoms with E-state index in [9.17, 15) is 0 Å². The molecule has 1 unspecified atom stereocenters. The molecule has 1 aromatic carbocycles. The number of benzene rings is 1. The predicted molar refractivity (Wildman–Crippen MR) is 68.2 cm³/mol. The van der Waals surface area contributed by atoms with Gasteiger partial charge < -0.3 is 10.2 Å². The van der Waals surface area contributed by atoms with Gasteiger partial charge in [-0.1, -0.05) is 29.8 Å². The van der Waals surface area contributed by atoms with Crippen molar-refractivity contribution in [3.05, 3.63) is 58.0 Å². The topological polar surface area (TPSA) is 39.2 Å². The monoisotopic (exact) mass is 279 g/mol. The lowest BCUT2D eigenvalue weighted by Gasteiger charge is -2.10. The summed E-state index contributed by atoms with van der Waals surface area (Å²) in [6.07, 6.45) is 2.47. The zero-order valence-electron chi connectivity index (χ0n) is 9.11. The maximum atomic E-state index is 6.13. The summed E-state index contributed by atoms with van der Waals surface area (Å²) in [6.45, 7) is 2.09. The van der Waals surface area contributed by atoms with Crippen molar-refractivity contribution in [2.45, 2.75) is 19.4 Å². The highest BCUT2D eigenvalue weighted by Crippen LogP contribution is 2.25. The van der Waals surface area contributed by atoms with Gasteiger partial charge in [0.25, 0.3) is 0 Å². The van der Waals surface area contributed by atoms with Crippen molar-refractivity contribution in [2.24, 2.45) is 5.73 Å². The van der Waals surface area contributed by atoms with Crippen LogP contribution < -0.4 is 5.73 Å². The van der Waals surface area contributed by atoms with Crippen LogP contribution in [0.3, 0.4) is 0 Å². The first kappa shape index (κ1) is 11.4. The minimum atomic E-state index is -0.0325. The molecule has 0 radical (unpaired) electrons. The van der Waals surface area contributed by atoms with E-state index >= 15 is 0 Å². The lowest BCUT2D eigenvalue weighted by molar-refractivity contribution is 0.531. The van der Waals surface area contributed by atoms with Crippen molar-refractivity contribution in [2.75, 3.05) is 0 Å². The van der Waals surface area contributed by atoms with Gasteiger partial charge in [0, 0.05) is 11.6 Å². The predicted octanol–water partition coefficient (Wildman–Crippen LogP) is 3.59. The van der Waals surface area contributed by atoms with E-state index in [4.69, 9.17) is 10.2 Å². The second kappa shape index (κ2) is 4.85. The first-order valence-corrected chi connectivity index (χ1v) is 6.00. The third-order valence-corrected chi connectivity index (χ3v) is 3.23. The van der Waals surface area contributed by atoms with Crippen LogP contribution >= 0.6 is 15.9 Å². The Labute approximate surface area is 104 Å². The molecule has 84 valence electrons. The Morgan fingerprint density at radius 2 is 2.19 bits per heavy atom. The minimum Gasteiger partial charge on any atom is -0.457 e. The molecule has 0 aliphatic heterocycles. The summed E-state index contributed by atoms with van der Waals surface area (Å²) in [4.78, 5) is 0. The third-order valence-electron chi connectivity index (χ3n) is 2.58. The van der Waals surface area contributed by atoms with Crippen LogP contribution in [0.2, 0.25) is 0 Å². The van der Waals surface area contributed by atoms with E-state index in [1.165, 1.54) is 11.1 Å². The van der Waals surface area contributed by atoms with Crippen LogP contribution in [-0.2, 0) is 6.42 Å². The highest BCUT2D eigenvalue weighted by atomic mass is 79.9. The third kappa shape index (κ3) is 2.54. The standard InChI is InChI=1S/C13H14BrNO/c1-9-3-2-4-10(7-9)8-12(15)11-5-6-16-13(11)14/h2-7,12H,8,15H2,1H3. The molecule has 0 amide bonds. The van der Waals surface area contributed by atoms with Gasteiger partial charge in [-0.2, -0.15) is 0 Å². The normalized spacial score (nSPS) is 12.7. The van der Waals surface area contributed by atoms with Crippen LogP contribution in [0.5, 0.6) is 0 Å². The van der Waals surface area contributed by atoms with E-state index in [2.05, 4.69) is 47.1 Å². The van der Waals surface area contributed by atoms with E-state index in [0.717, 1.165) is 16.7 Å². The zero-order chi connectivity index (χ0) is 11.5. The molecule has 2 aromatic rings. The first-order valence-electron chi connectivity index (χ1n) is 5.21. The van der Waals surface area contributed by atoms with Gasteiger partial charge in [0.05, 0.1) is 6.26 Å². The molecule has 2 N–H and O–H groups in total. The van der Waals surface area contributed by atoms with Gasteiger partial charge in [0.15, 0.2) is 4.67 Å². The van der Waals surface area contributed by atoms with Crippen molar-refractivity contribution in [1.82, 2.24) is 0 Å². The second-order valence-corrected chi connectivity index (χ2v) is 4.67. The highest BCUT2D eigenvalue weighted by Gasteiger charge is 2.12. The van der Waals surface area contributed by atoms with Gasteiger partial charge in [-0.05, 0) is 40.9 Å². The molecular weight excluding hydrogens is 266 g/mol. The Hall–Kier alpha value is -1.06. The molecule has 0 saturated carbocycles. The molecule has 2 nitrogen and oxygen atoms in total. The number of hydrogen-bond acceptors (Lipinski definition) is 2. The summed E-state index contributed by atoms with van der Waals surface area (Å²) in [5.74, 6) is 0. The van der Waals surface area contributed by atoms with Crippen LogP contribution in [0.25, 0.3) is 0 Å². The second-order valence-electron chi connectivity index (χ2n) is 3.95. The van der Waals surface area contributed by atoms with Crippen molar-refractivity contribution < 1.29 is 4.42 Å². The molecule has 0 spiro atoms. The number of nitrogens with two attached hydrogens (primary N) is 1. The van der Waals surface area contributed by atoms with Crippen molar-refractivity contribution >= 4 is 15.9 Å². The van der Waals surface area contributed by atoms with Crippen LogP contribution in [0.4, 0.5) is 0 Å². The molecule has 0 fully saturated rings. The van der Waals surface area contributed by atoms with Gasteiger partial charge in [0.1, 0.15) is 0 Å². The Morgan fingerprint density at radius 1 is 1.38 bits per heavy atom. The van der Waals surface area contributed by atoms with E-state index in [1.807, 2.05) is 6.07 Å². The Balaban J connectivity index is 2.14. The van der Waals surface area contributed by atoms with Gasteiger partial charge in [0.2, 0.25) is 0 Å². The molecule has 16 heavy (non-hydrogen) atoms. The Bertz CT molecular complexity index is 478. The Morgan fingerprint density at radius 3 is 2.81 bits per heavy atom. The summed E-state index contributed by atoms with van der Waals surface area (Å²) in [5.41, 5.74) is 9.66. The summed E-state index contributed by atoms with van der Waals surface area (Å²) >= 11 is 3.35. The van der Waals surface area contributed by atoms with E-state index in [0.29, 0.717) is 0 Å². The average molecular weight is 280 g/mol. The minimum absolute atomic E-state index is 0.0325. The number of furan rings is 1. The first-order chi connectivity index (χ1) is 7.66. The fourth-order valence-corrected chi connectivity index (χ4v) is 2.31. The number of aryl methyl sites for hydroxylation is 1. The van der Waals surface area contributed by atoms with Crippen LogP contribution in [0.1, 0.15) is 22.7 Å². The quantitative estimate of drug-likeness (QED) is 0.933. The molecule has 0 saturated heterocycles. The summed E-state index contributed by atoms with van der Waals surface area (Å²) in [5, 5.41) is 0.